The Morgan fingerprint density at radius 1 is 1.32 bits per heavy atom. The van der Waals surface area contributed by atoms with Crippen molar-refractivity contribution < 1.29 is 14.2 Å². The molecule has 1 aliphatic heterocycles. The summed E-state index contributed by atoms with van der Waals surface area (Å²) in [5, 5.41) is 0. The van der Waals surface area contributed by atoms with Gasteiger partial charge >= 0.3 is 0 Å². The van der Waals surface area contributed by atoms with Crippen LogP contribution in [0.3, 0.4) is 0 Å². The van der Waals surface area contributed by atoms with E-state index < -0.39 is 0 Å². The van der Waals surface area contributed by atoms with Crippen LogP contribution < -0.4 is 0 Å². The predicted octanol–water partition coefficient (Wildman–Crippen LogP) is 4.60. The van der Waals surface area contributed by atoms with E-state index in [4.69, 9.17) is 14.2 Å². The fraction of sp³-hybridized carbons (Fsp3) is 0.905. The van der Waals surface area contributed by atoms with Crippen molar-refractivity contribution in [2.75, 3.05) is 33.5 Å². The van der Waals surface area contributed by atoms with E-state index in [1.54, 1.807) is 7.11 Å². The van der Waals surface area contributed by atoms with E-state index in [2.05, 4.69) is 32.3 Å². The van der Waals surface area contributed by atoms with Crippen LogP contribution in [-0.4, -0.2) is 50.3 Å². The van der Waals surface area contributed by atoms with Gasteiger partial charge < -0.3 is 14.2 Å². The average molecular weight is 354 g/mol. The van der Waals surface area contributed by atoms with Crippen LogP contribution in [0.4, 0.5) is 0 Å². The summed E-state index contributed by atoms with van der Waals surface area (Å²) >= 11 is 0. The normalized spacial score (nSPS) is 30.3. The van der Waals surface area contributed by atoms with E-state index in [-0.39, 0.29) is 11.9 Å². The number of nitrogens with zero attached hydrogens (tertiary/aromatic N) is 1. The maximum Gasteiger partial charge on any atom is 0.168 e. The third-order valence-electron chi connectivity index (χ3n) is 6.13. The Labute approximate surface area is 154 Å². The van der Waals surface area contributed by atoms with Crippen molar-refractivity contribution in [3.8, 4) is 0 Å². The van der Waals surface area contributed by atoms with Gasteiger partial charge in [-0.1, -0.05) is 33.3 Å². The summed E-state index contributed by atoms with van der Waals surface area (Å²) in [4.78, 5) is 2.24. The third-order valence-corrected chi connectivity index (χ3v) is 6.13. The van der Waals surface area contributed by atoms with Crippen LogP contribution in [0.25, 0.3) is 0 Å². The Morgan fingerprint density at radius 3 is 2.64 bits per heavy atom. The van der Waals surface area contributed by atoms with E-state index in [9.17, 15) is 0 Å². The van der Waals surface area contributed by atoms with Gasteiger partial charge in [0.25, 0.3) is 0 Å². The summed E-state index contributed by atoms with van der Waals surface area (Å²) in [5.41, 5.74) is 0.444. The molecule has 0 N–H and O–H groups in total. The van der Waals surface area contributed by atoms with Gasteiger partial charge in [0.2, 0.25) is 0 Å². The highest BCUT2D eigenvalue weighted by molar-refractivity contribution is 4.90. The molecule has 1 atom stereocenters. The highest BCUT2D eigenvalue weighted by atomic mass is 16.7. The van der Waals surface area contributed by atoms with E-state index in [1.165, 1.54) is 25.7 Å². The monoisotopic (exact) mass is 353 g/mol. The molecule has 4 nitrogen and oxygen atoms in total. The van der Waals surface area contributed by atoms with Gasteiger partial charge in [-0.25, -0.2) is 0 Å². The number of hydrogen-bond acceptors (Lipinski definition) is 4. The first kappa shape index (κ1) is 20.9. The van der Waals surface area contributed by atoms with Crippen molar-refractivity contribution >= 4 is 0 Å². The van der Waals surface area contributed by atoms with Gasteiger partial charge in [0.05, 0.1) is 19.4 Å². The Balaban J connectivity index is 1.78. The zero-order chi connectivity index (χ0) is 18.3. The molecule has 0 aromatic rings. The molecule has 25 heavy (non-hydrogen) atoms. The molecule has 1 heterocycles. The first-order valence-corrected chi connectivity index (χ1v) is 10.1. The lowest BCUT2D eigenvalue weighted by molar-refractivity contribution is -0.197. The molecule has 0 amide bonds. The molecule has 2 fully saturated rings. The van der Waals surface area contributed by atoms with Gasteiger partial charge in [0.15, 0.2) is 5.79 Å². The third kappa shape index (κ3) is 5.78. The minimum atomic E-state index is -0.298. The number of rotatable bonds is 10. The zero-order valence-corrected chi connectivity index (χ0v) is 16.9. The molecule has 2 aliphatic rings. The minimum absolute atomic E-state index is 0.212. The number of ether oxygens (including phenoxy) is 3. The Kier molecular flexibility index (Phi) is 7.93. The summed E-state index contributed by atoms with van der Waals surface area (Å²) in [6, 6.07) is 0. The Morgan fingerprint density at radius 2 is 2.04 bits per heavy atom. The Hall–Kier alpha value is -0.420. The van der Waals surface area contributed by atoms with Crippen molar-refractivity contribution in [2.24, 2.45) is 11.3 Å². The van der Waals surface area contributed by atoms with Gasteiger partial charge in [0.1, 0.15) is 0 Å². The minimum Gasteiger partial charge on any atom is -0.369 e. The number of hydrogen-bond donors (Lipinski definition) is 0. The number of methoxy groups -OCH3 is 1. The second kappa shape index (κ2) is 9.50. The first-order chi connectivity index (χ1) is 11.9. The fourth-order valence-corrected chi connectivity index (χ4v) is 4.61. The molecule has 0 aromatic heterocycles. The standard InChI is InChI=1S/C21H39NO3/c1-6-11-20(3,4)18-8-12-21(13-9-18)24-16-19(25-21)10-15-22(14-7-2)17-23-5/h7,18-19H,2,6,8-17H2,1,3-5H3. The van der Waals surface area contributed by atoms with Crippen LogP contribution in [0.15, 0.2) is 12.7 Å². The van der Waals surface area contributed by atoms with Crippen molar-refractivity contribution in [3.63, 3.8) is 0 Å². The molecule has 146 valence electrons. The van der Waals surface area contributed by atoms with Crippen molar-refractivity contribution in [2.45, 2.75) is 77.6 Å². The quantitative estimate of drug-likeness (QED) is 0.424. The van der Waals surface area contributed by atoms with Crippen LogP contribution in [0, 0.1) is 11.3 Å². The van der Waals surface area contributed by atoms with E-state index in [0.717, 1.165) is 44.9 Å². The summed E-state index contributed by atoms with van der Waals surface area (Å²) in [5.74, 6) is 0.502. The molecule has 0 radical (unpaired) electrons. The highest BCUT2D eigenvalue weighted by Crippen LogP contribution is 2.47. The maximum atomic E-state index is 6.40. The molecule has 1 spiro atoms. The van der Waals surface area contributed by atoms with Crippen LogP contribution in [0.5, 0.6) is 0 Å². The zero-order valence-electron chi connectivity index (χ0n) is 16.9. The largest absolute Gasteiger partial charge is 0.369 e. The highest BCUT2D eigenvalue weighted by Gasteiger charge is 2.46. The lowest BCUT2D eigenvalue weighted by Gasteiger charge is -2.42. The van der Waals surface area contributed by atoms with Gasteiger partial charge in [-0.3, -0.25) is 4.90 Å². The first-order valence-electron chi connectivity index (χ1n) is 10.1. The molecule has 1 aliphatic carbocycles. The van der Waals surface area contributed by atoms with Gasteiger partial charge in [-0.2, -0.15) is 0 Å². The molecule has 1 unspecified atom stereocenters. The fourth-order valence-electron chi connectivity index (χ4n) is 4.61. The van der Waals surface area contributed by atoms with Crippen LogP contribution >= 0.6 is 0 Å². The van der Waals surface area contributed by atoms with Crippen molar-refractivity contribution in [1.29, 1.82) is 0 Å². The molecule has 1 saturated carbocycles. The van der Waals surface area contributed by atoms with Crippen LogP contribution in [-0.2, 0) is 14.2 Å². The topological polar surface area (TPSA) is 30.9 Å². The molecule has 0 bridgehead atoms. The summed E-state index contributed by atoms with van der Waals surface area (Å²) in [7, 11) is 1.73. The molecule has 4 heteroatoms. The smallest absolute Gasteiger partial charge is 0.168 e. The van der Waals surface area contributed by atoms with Crippen LogP contribution in [0.2, 0.25) is 0 Å². The maximum absolute atomic E-state index is 6.40. The van der Waals surface area contributed by atoms with Gasteiger partial charge in [0, 0.05) is 33.0 Å². The van der Waals surface area contributed by atoms with Gasteiger partial charge in [-0.05, 0) is 37.0 Å². The Bertz CT molecular complexity index is 402. The predicted molar refractivity (Wildman–Crippen MR) is 102 cm³/mol. The molecular formula is C21H39NO3. The van der Waals surface area contributed by atoms with Gasteiger partial charge in [-0.15, -0.1) is 6.58 Å². The van der Waals surface area contributed by atoms with E-state index in [0.29, 0.717) is 12.1 Å². The second-order valence-electron chi connectivity index (χ2n) is 8.55. The van der Waals surface area contributed by atoms with Crippen molar-refractivity contribution in [1.82, 2.24) is 4.90 Å². The lowest BCUT2D eigenvalue weighted by atomic mass is 9.68. The van der Waals surface area contributed by atoms with E-state index >= 15 is 0 Å². The second-order valence-corrected chi connectivity index (χ2v) is 8.55. The molecular weight excluding hydrogens is 314 g/mol. The molecule has 1 saturated heterocycles. The molecule has 2 rings (SSSR count). The summed E-state index contributed by atoms with van der Waals surface area (Å²) in [6.45, 7) is 14.1. The van der Waals surface area contributed by atoms with Crippen molar-refractivity contribution in [3.05, 3.63) is 12.7 Å². The van der Waals surface area contributed by atoms with Crippen LogP contribution in [0.1, 0.15) is 65.7 Å². The summed E-state index contributed by atoms with van der Waals surface area (Å²) < 4.78 is 17.8. The lowest BCUT2D eigenvalue weighted by Crippen LogP contribution is -2.39. The SMILES string of the molecule is C=CCN(CCC1COC2(CCC(C(C)(C)CCC)CC2)O1)COC. The average Bonchev–Trinajstić information content (AvgIpc) is 2.96. The summed E-state index contributed by atoms with van der Waals surface area (Å²) in [6.07, 6.45) is 10.3. The molecule has 0 aromatic carbocycles. The van der Waals surface area contributed by atoms with E-state index in [1.807, 2.05) is 6.08 Å².